The molecule has 29 heavy (non-hydrogen) atoms. The molecular weight excluding hydrogens is 360 g/mol. The Kier molecular flexibility index (Phi) is 5.39. The highest BCUT2D eigenvalue weighted by molar-refractivity contribution is 5.91. The van der Waals surface area contributed by atoms with Crippen molar-refractivity contribution < 1.29 is 14.2 Å². The molecule has 0 aromatic heterocycles. The third kappa shape index (κ3) is 4.19. The zero-order valence-corrected chi connectivity index (χ0v) is 16.9. The molecule has 4 aromatic carbocycles. The van der Waals surface area contributed by atoms with Crippen LogP contribution in [0.15, 0.2) is 84.9 Å². The van der Waals surface area contributed by atoms with E-state index < -0.39 is 6.29 Å². The summed E-state index contributed by atoms with van der Waals surface area (Å²) in [6, 6.07) is 28.1. The number of benzene rings is 4. The maximum atomic E-state index is 6.31. The fourth-order valence-electron chi connectivity index (χ4n) is 3.31. The van der Waals surface area contributed by atoms with Gasteiger partial charge in [0.2, 0.25) is 0 Å². The van der Waals surface area contributed by atoms with E-state index in [0.29, 0.717) is 0 Å². The van der Waals surface area contributed by atoms with Gasteiger partial charge in [-0.25, -0.2) is 0 Å². The van der Waals surface area contributed by atoms with Crippen molar-refractivity contribution in [2.45, 2.75) is 20.1 Å². The fraction of sp³-hybridized carbons (Fsp3) is 0.154. The molecule has 0 radical (unpaired) electrons. The molecule has 0 aliphatic rings. The van der Waals surface area contributed by atoms with Crippen LogP contribution in [0.1, 0.15) is 23.0 Å². The van der Waals surface area contributed by atoms with Gasteiger partial charge in [0.15, 0.2) is 0 Å². The Hall–Kier alpha value is -3.46. The lowest BCUT2D eigenvalue weighted by Gasteiger charge is -2.23. The van der Waals surface area contributed by atoms with Gasteiger partial charge in [0.25, 0.3) is 6.29 Å². The molecule has 4 rings (SSSR count). The summed E-state index contributed by atoms with van der Waals surface area (Å²) in [5.41, 5.74) is 3.31. The number of methoxy groups -OCH3 is 1. The molecule has 146 valence electrons. The molecule has 0 amide bonds. The molecule has 0 unspecified atom stereocenters. The molecule has 0 N–H and O–H groups in total. The van der Waals surface area contributed by atoms with Crippen molar-refractivity contribution in [3.05, 3.63) is 102 Å². The lowest BCUT2D eigenvalue weighted by molar-refractivity contribution is 0.00498. The van der Waals surface area contributed by atoms with Gasteiger partial charge in [-0.3, -0.25) is 0 Å². The maximum absolute atomic E-state index is 6.31. The van der Waals surface area contributed by atoms with Crippen molar-refractivity contribution in [2.24, 2.45) is 0 Å². The van der Waals surface area contributed by atoms with Crippen molar-refractivity contribution in [3.8, 4) is 17.2 Å². The van der Waals surface area contributed by atoms with E-state index in [1.165, 1.54) is 11.1 Å². The van der Waals surface area contributed by atoms with E-state index in [2.05, 4.69) is 19.9 Å². The zero-order chi connectivity index (χ0) is 20.2. The van der Waals surface area contributed by atoms with Crippen LogP contribution in [0.4, 0.5) is 0 Å². The van der Waals surface area contributed by atoms with Crippen LogP contribution in [0.2, 0.25) is 0 Å². The van der Waals surface area contributed by atoms with E-state index in [1.807, 2.05) is 78.9 Å². The Labute approximate surface area is 171 Å². The smallest absolute Gasteiger partial charge is 0.268 e. The largest absolute Gasteiger partial charge is 0.496 e. The highest BCUT2D eigenvalue weighted by Gasteiger charge is 2.20. The summed E-state index contributed by atoms with van der Waals surface area (Å²) in [6.07, 6.45) is -0.601. The maximum Gasteiger partial charge on any atom is 0.268 e. The number of rotatable bonds is 6. The predicted molar refractivity (Wildman–Crippen MR) is 117 cm³/mol. The molecule has 0 bridgehead atoms. The monoisotopic (exact) mass is 384 g/mol. The van der Waals surface area contributed by atoms with Gasteiger partial charge in [-0.1, -0.05) is 59.7 Å². The van der Waals surface area contributed by atoms with Crippen molar-refractivity contribution in [3.63, 3.8) is 0 Å². The molecule has 0 heterocycles. The molecule has 3 nitrogen and oxygen atoms in total. The zero-order valence-electron chi connectivity index (χ0n) is 16.9. The average molecular weight is 384 g/mol. The number of aryl methyl sites for hydroxylation is 2. The first-order valence-corrected chi connectivity index (χ1v) is 9.66. The lowest BCUT2D eigenvalue weighted by Crippen LogP contribution is -2.15. The van der Waals surface area contributed by atoms with E-state index in [9.17, 15) is 0 Å². The second-order valence-electron chi connectivity index (χ2n) is 7.10. The van der Waals surface area contributed by atoms with Crippen LogP contribution in [0.5, 0.6) is 17.2 Å². The SMILES string of the molecule is COc1ccc(C(Oc2ccc(C)cc2)Oc2ccc(C)cc2)c2ccccc12. The molecule has 0 aliphatic carbocycles. The van der Waals surface area contributed by atoms with Gasteiger partial charge in [-0.2, -0.15) is 0 Å². The summed E-state index contributed by atoms with van der Waals surface area (Å²) >= 11 is 0. The normalized spacial score (nSPS) is 10.9. The van der Waals surface area contributed by atoms with Crippen LogP contribution in [-0.4, -0.2) is 7.11 Å². The van der Waals surface area contributed by atoms with E-state index >= 15 is 0 Å². The van der Waals surface area contributed by atoms with E-state index in [1.54, 1.807) is 7.11 Å². The minimum atomic E-state index is -0.601. The van der Waals surface area contributed by atoms with Crippen LogP contribution < -0.4 is 14.2 Å². The average Bonchev–Trinajstić information content (AvgIpc) is 2.75. The quantitative estimate of drug-likeness (QED) is 0.350. The van der Waals surface area contributed by atoms with Gasteiger partial charge in [0, 0.05) is 10.9 Å². The summed E-state index contributed by atoms with van der Waals surface area (Å²) in [4.78, 5) is 0. The first kappa shape index (κ1) is 18.9. The molecule has 0 aliphatic heterocycles. The number of hydrogen-bond donors (Lipinski definition) is 0. The summed E-state index contributed by atoms with van der Waals surface area (Å²) in [7, 11) is 1.69. The minimum absolute atomic E-state index is 0.601. The number of ether oxygens (including phenoxy) is 3. The first-order chi connectivity index (χ1) is 14.1. The van der Waals surface area contributed by atoms with Gasteiger partial charge >= 0.3 is 0 Å². The molecule has 0 spiro atoms. The van der Waals surface area contributed by atoms with E-state index in [4.69, 9.17) is 14.2 Å². The third-order valence-corrected chi connectivity index (χ3v) is 4.92. The van der Waals surface area contributed by atoms with Gasteiger partial charge in [0.05, 0.1) is 7.11 Å². The van der Waals surface area contributed by atoms with E-state index in [0.717, 1.165) is 33.6 Å². The Morgan fingerprint density at radius 2 is 1.10 bits per heavy atom. The second-order valence-corrected chi connectivity index (χ2v) is 7.10. The molecule has 0 atom stereocenters. The van der Waals surface area contributed by atoms with Crippen LogP contribution in [0, 0.1) is 13.8 Å². The lowest BCUT2D eigenvalue weighted by atomic mass is 10.0. The Morgan fingerprint density at radius 3 is 1.62 bits per heavy atom. The fourth-order valence-corrected chi connectivity index (χ4v) is 3.31. The predicted octanol–water partition coefficient (Wildman–Crippen LogP) is 6.62. The van der Waals surface area contributed by atoms with Gasteiger partial charge in [-0.05, 0) is 55.6 Å². The summed E-state index contributed by atoms with van der Waals surface area (Å²) in [5.74, 6) is 2.34. The molecule has 3 heteroatoms. The van der Waals surface area contributed by atoms with Crippen LogP contribution in [0.25, 0.3) is 10.8 Å². The summed E-state index contributed by atoms with van der Waals surface area (Å²) in [6.45, 7) is 4.11. The summed E-state index contributed by atoms with van der Waals surface area (Å²) in [5, 5.41) is 2.06. The first-order valence-electron chi connectivity index (χ1n) is 9.66. The van der Waals surface area contributed by atoms with Crippen LogP contribution in [-0.2, 0) is 0 Å². The van der Waals surface area contributed by atoms with Crippen molar-refractivity contribution >= 4 is 10.8 Å². The Morgan fingerprint density at radius 1 is 0.586 bits per heavy atom. The molecule has 0 saturated heterocycles. The summed E-state index contributed by atoms with van der Waals surface area (Å²) < 4.78 is 18.2. The Balaban J connectivity index is 1.78. The minimum Gasteiger partial charge on any atom is -0.496 e. The second kappa shape index (κ2) is 8.27. The van der Waals surface area contributed by atoms with Gasteiger partial charge in [-0.15, -0.1) is 0 Å². The van der Waals surface area contributed by atoms with Gasteiger partial charge in [0.1, 0.15) is 17.2 Å². The van der Waals surface area contributed by atoms with Crippen molar-refractivity contribution in [1.29, 1.82) is 0 Å². The van der Waals surface area contributed by atoms with Crippen LogP contribution in [0.3, 0.4) is 0 Å². The number of fused-ring (bicyclic) bond motifs is 1. The molecule has 4 aromatic rings. The third-order valence-electron chi connectivity index (χ3n) is 4.92. The standard InChI is InChI=1S/C26H24O3/c1-18-8-12-20(13-9-18)28-26(29-21-14-10-19(2)11-15-21)24-16-17-25(27-3)23-7-5-4-6-22(23)24/h4-17,26H,1-3H3. The Bertz CT molecular complexity index is 1050. The van der Waals surface area contributed by atoms with Crippen LogP contribution >= 0.6 is 0 Å². The molecular formula is C26H24O3. The molecule has 0 fully saturated rings. The molecule has 0 saturated carbocycles. The van der Waals surface area contributed by atoms with E-state index in [-0.39, 0.29) is 0 Å². The topological polar surface area (TPSA) is 27.7 Å². The van der Waals surface area contributed by atoms with Crippen molar-refractivity contribution in [1.82, 2.24) is 0 Å². The van der Waals surface area contributed by atoms with Gasteiger partial charge < -0.3 is 14.2 Å². The highest BCUT2D eigenvalue weighted by atomic mass is 16.7. The number of hydrogen-bond acceptors (Lipinski definition) is 3. The van der Waals surface area contributed by atoms with Crippen molar-refractivity contribution in [2.75, 3.05) is 7.11 Å². The highest BCUT2D eigenvalue weighted by Crippen LogP contribution is 2.35.